The maximum absolute atomic E-state index is 12.8. The summed E-state index contributed by atoms with van der Waals surface area (Å²) in [5.74, 6) is -0.847. The predicted molar refractivity (Wildman–Crippen MR) is 343 cm³/mol. The van der Waals surface area contributed by atoms with Gasteiger partial charge in [0.1, 0.15) is 19.8 Å². The molecule has 0 aromatic carbocycles. The van der Waals surface area contributed by atoms with Crippen molar-refractivity contribution in [1.29, 1.82) is 0 Å². The minimum Gasteiger partial charge on any atom is -0.462 e. The number of carbonyl (C=O) groups excluding carboxylic acids is 2. The van der Waals surface area contributed by atoms with Crippen LogP contribution in [0.5, 0.6) is 0 Å². The van der Waals surface area contributed by atoms with Crippen LogP contribution in [0.1, 0.15) is 219 Å². The number of nitrogens with zero attached hydrogens (tertiary/aromatic N) is 1. The van der Waals surface area contributed by atoms with E-state index in [4.69, 9.17) is 18.5 Å². The third-order valence-corrected chi connectivity index (χ3v) is 13.5. The van der Waals surface area contributed by atoms with Crippen LogP contribution < -0.4 is 0 Å². The maximum Gasteiger partial charge on any atom is 0.472 e. The monoisotopic (exact) mass is 1130 g/mol. The quantitative estimate of drug-likeness (QED) is 0.0211. The Bertz CT molecular complexity index is 1900. The third kappa shape index (κ3) is 62.8. The molecule has 0 aromatic heterocycles. The Morgan fingerprint density at radius 3 is 1.07 bits per heavy atom. The van der Waals surface area contributed by atoms with E-state index in [9.17, 15) is 19.0 Å². The van der Waals surface area contributed by atoms with Gasteiger partial charge in [-0.25, -0.2) is 4.57 Å². The van der Waals surface area contributed by atoms with E-state index in [1.807, 2.05) is 21.1 Å². The number of ether oxygens (including phenoxy) is 2. The second-order valence-electron chi connectivity index (χ2n) is 21.4. The van der Waals surface area contributed by atoms with E-state index >= 15 is 0 Å². The fourth-order valence-electron chi connectivity index (χ4n) is 7.75. The Balaban J connectivity index is 4.19. The van der Waals surface area contributed by atoms with Crippen LogP contribution in [0.2, 0.25) is 0 Å². The molecule has 10 heteroatoms. The molecule has 0 aliphatic heterocycles. The molecule has 2 atom stereocenters. The fraction of sp³-hybridized carbons (Fsp3) is 0.600. The lowest BCUT2D eigenvalue weighted by atomic mass is 10.1. The van der Waals surface area contributed by atoms with Crippen LogP contribution in [-0.2, 0) is 32.7 Å². The van der Waals surface area contributed by atoms with Gasteiger partial charge in [-0.05, 0) is 128 Å². The first-order valence-corrected chi connectivity index (χ1v) is 32.7. The molecule has 0 saturated carbocycles. The highest BCUT2D eigenvalue weighted by Crippen LogP contribution is 2.43. The summed E-state index contributed by atoms with van der Waals surface area (Å²) in [6.07, 6.45) is 89.0. The van der Waals surface area contributed by atoms with E-state index in [1.165, 1.54) is 44.9 Å². The molecule has 0 aliphatic rings. The average molecular weight is 1130 g/mol. The number of phosphoric ester groups is 1. The molecule has 80 heavy (non-hydrogen) atoms. The van der Waals surface area contributed by atoms with Crippen LogP contribution in [0.3, 0.4) is 0 Å². The molecule has 0 spiro atoms. The predicted octanol–water partition coefficient (Wildman–Crippen LogP) is 20.0. The van der Waals surface area contributed by atoms with Gasteiger partial charge in [0.2, 0.25) is 0 Å². The first-order chi connectivity index (χ1) is 39.0. The van der Waals surface area contributed by atoms with Crippen LogP contribution in [0, 0.1) is 0 Å². The summed E-state index contributed by atoms with van der Waals surface area (Å²) < 4.78 is 34.5. The number of unbranched alkanes of at least 4 members (excludes halogenated alkanes) is 15. The van der Waals surface area contributed by atoms with Crippen molar-refractivity contribution in [3.05, 3.63) is 158 Å². The number of esters is 2. The van der Waals surface area contributed by atoms with Crippen LogP contribution in [0.4, 0.5) is 0 Å². The van der Waals surface area contributed by atoms with Crippen molar-refractivity contribution in [2.75, 3.05) is 47.5 Å². The van der Waals surface area contributed by atoms with E-state index in [0.29, 0.717) is 17.4 Å². The number of phosphoric acid groups is 1. The fourth-order valence-corrected chi connectivity index (χ4v) is 8.50. The molecular weight excluding hydrogens is 1010 g/mol. The zero-order valence-corrected chi connectivity index (χ0v) is 52.1. The van der Waals surface area contributed by atoms with Crippen LogP contribution >= 0.6 is 7.82 Å². The number of hydrogen-bond acceptors (Lipinski definition) is 7. The summed E-state index contributed by atoms with van der Waals surface area (Å²) in [5.41, 5.74) is 0. The summed E-state index contributed by atoms with van der Waals surface area (Å²) in [4.78, 5) is 35.7. The van der Waals surface area contributed by atoms with E-state index < -0.39 is 26.5 Å². The van der Waals surface area contributed by atoms with Gasteiger partial charge in [0.05, 0.1) is 27.7 Å². The molecule has 0 heterocycles. The molecule has 2 unspecified atom stereocenters. The zero-order chi connectivity index (χ0) is 58.4. The summed E-state index contributed by atoms with van der Waals surface area (Å²) in [6.45, 7) is 4.25. The van der Waals surface area contributed by atoms with Gasteiger partial charge in [-0.2, -0.15) is 0 Å². The number of rotatable bonds is 55. The van der Waals surface area contributed by atoms with E-state index in [-0.39, 0.29) is 32.0 Å². The maximum atomic E-state index is 12.8. The van der Waals surface area contributed by atoms with Gasteiger partial charge in [0.15, 0.2) is 6.10 Å². The first kappa shape index (κ1) is 75.6. The molecule has 452 valence electrons. The van der Waals surface area contributed by atoms with Crippen LogP contribution in [0.15, 0.2) is 158 Å². The largest absolute Gasteiger partial charge is 0.472 e. The summed E-state index contributed by atoms with van der Waals surface area (Å²) in [5, 5.41) is 0. The van der Waals surface area contributed by atoms with E-state index in [0.717, 1.165) is 141 Å². The Morgan fingerprint density at radius 1 is 0.400 bits per heavy atom. The second-order valence-corrected chi connectivity index (χ2v) is 22.8. The number of allylic oxidation sites excluding steroid dienone is 26. The van der Waals surface area contributed by atoms with Gasteiger partial charge in [0.25, 0.3) is 0 Å². The Kier molecular flexibility index (Phi) is 56.0. The number of hydrogen-bond donors (Lipinski definition) is 1. The first-order valence-electron chi connectivity index (χ1n) is 31.2. The third-order valence-electron chi connectivity index (χ3n) is 12.5. The van der Waals surface area contributed by atoms with Gasteiger partial charge >= 0.3 is 19.8 Å². The smallest absolute Gasteiger partial charge is 0.462 e. The van der Waals surface area contributed by atoms with Crippen molar-refractivity contribution in [3.8, 4) is 0 Å². The average Bonchev–Trinajstić information content (AvgIpc) is 3.42. The Labute approximate surface area is 490 Å². The Morgan fingerprint density at radius 2 is 0.713 bits per heavy atom. The second kappa shape index (κ2) is 59.3. The molecule has 0 aliphatic carbocycles. The molecule has 9 nitrogen and oxygen atoms in total. The summed E-state index contributed by atoms with van der Waals surface area (Å²) in [6, 6.07) is 0. The van der Waals surface area contributed by atoms with Crippen LogP contribution in [-0.4, -0.2) is 74.9 Å². The van der Waals surface area contributed by atoms with E-state index in [2.05, 4.69) is 172 Å². The molecule has 1 N–H and O–H groups in total. The van der Waals surface area contributed by atoms with Crippen LogP contribution in [0.25, 0.3) is 0 Å². The Hall–Kier alpha value is -4.37. The van der Waals surface area contributed by atoms with Crippen molar-refractivity contribution in [1.82, 2.24) is 0 Å². The molecule has 0 saturated heterocycles. The lowest BCUT2D eigenvalue weighted by Gasteiger charge is -2.24. The molecule has 0 amide bonds. The highest BCUT2D eigenvalue weighted by molar-refractivity contribution is 7.47. The highest BCUT2D eigenvalue weighted by Gasteiger charge is 2.27. The van der Waals surface area contributed by atoms with Gasteiger partial charge in [-0.15, -0.1) is 0 Å². The van der Waals surface area contributed by atoms with Gasteiger partial charge in [-0.3, -0.25) is 18.6 Å². The molecule has 0 radical (unpaired) electrons. The van der Waals surface area contributed by atoms with Crippen molar-refractivity contribution < 1.29 is 42.1 Å². The number of quaternary nitrogens is 1. The van der Waals surface area contributed by atoms with Gasteiger partial charge in [-0.1, -0.05) is 236 Å². The SMILES string of the molecule is CC/C=C\C/C=C\C/C=C\C/C=C\C/C=C\C/C=C\C/C=C\C/C=C\C/C=C\C/C=C\C/C=C\C/C=C\CCCCCCC(=O)OC(COC(=O)CCCCCCC/C=C\CCCCCCCC)COP(=O)(O)OCC[N+](C)(C)C. The zero-order valence-electron chi connectivity index (χ0n) is 51.2. The molecule has 0 rings (SSSR count). The van der Waals surface area contributed by atoms with Crippen molar-refractivity contribution in [2.45, 2.75) is 225 Å². The molecule has 0 aromatic rings. The highest BCUT2D eigenvalue weighted by atomic mass is 31.2. The minimum absolute atomic E-state index is 0.0171. The molecular formula is C70H115NO8P+. The van der Waals surface area contributed by atoms with Crippen molar-refractivity contribution in [3.63, 3.8) is 0 Å². The molecule has 0 fully saturated rings. The normalized spacial score (nSPS) is 14.3. The van der Waals surface area contributed by atoms with E-state index in [1.54, 1.807) is 0 Å². The minimum atomic E-state index is -4.40. The summed E-state index contributed by atoms with van der Waals surface area (Å²) in [7, 11) is 1.43. The lowest BCUT2D eigenvalue weighted by Crippen LogP contribution is -2.37. The topological polar surface area (TPSA) is 108 Å². The molecule has 0 bridgehead atoms. The standard InChI is InChI=1S/C70H114NO8P/c1-6-8-10-12-14-16-18-20-22-23-24-25-26-27-28-29-30-31-32-33-34-35-36-37-38-39-40-41-42-43-44-45-46-47-49-51-53-55-57-59-61-63-70(73)79-68(67-78-80(74,75)77-65-64-71(3,4)5)66-76-69(72)62-60-58-56-54-52-50-48-21-19-17-15-13-11-9-7-2/h8,10,14,16,20-22,24-25,27-28,30-31,33-34,36-37,39-40,42-43,45-46,48-49,51,68H,6-7,9,11-13,15,17-19,23,26,29,32,35,38,41,44,47,50,52-67H2,1-5H3/p+1/b10-8-,16-14-,22-20-,25-24-,28-27-,31-30-,34-33-,37-36-,40-39-,43-42-,46-45-,48-21-,51-49-. The lowest BCUT2D eigenvalue weighted by molar-refractivity contribution is -0.870. The van der Waals surface area contributed by atoms with Crippen molar-refractivity contribution >= 4 is 19.8 Å². The van der Waals surface area contributed by atoms with Gasteiger partial charge < -0.3 is 18.9 Å². The van der Waals surface area contributed by atoms with Gasteiger partial charge in [0, 0.05) is 12.8 Å². The summed E-state index contributed by atoms with van der Waals surface area (Å²) >= 11 is 0. The van der Waals surface area contributed by atoms with Crippen molar-refractivity contribution in [2.24, 2.45) is 0 Å². The number of carbonyl (C=O) groups is 2. The number of likely N-dealkylation sites (N-methyl/N-ethyl adjacent to an activating group) is 1.